The Morgan fingerprint density at radius 3 is 2.73 bits per heavy atom. The molecule has 1 aromatic heterocycles. The van der Waals surface area contributed by atoms with Gasteiger partial charge in [0.2, 0.25) is 0 Å². The molecule has 166 valence electrons. The first-order chi connectivity index (χ1) is 14.1. The van der Waals surface area contributed by atoms with E-state index in [-0.39, 0.29) is 24.0 Å². The average Bonchev–Trinajstić information content (AvgIpc) is 3.16. The van der Waals surface area contributed by atoms with E-state index in [1.807, 2.05) is 43.6 Å². The van der Waals surface area contributed by atoms with Crippen molar-refractivity contribution in [3.63, 3.8) is 0 Å². The summed E-state index contributed by atoms with van der Waals surface area (Å²) in [6.07, 6.45) is 7.06. The van der Waals surface area contributed by atoms with Gasteiger partial charge in [0.15, 0.2) is 5.96 Å². The third kappa shape index (κ3) is 6.47. The first kappa shape index (κ1) is 24.7. The zero-order valence-corrected chi connectivity index (χ0v) is 21.5. The Balaban J connectivity index is 0.00000320. The first-order valence-corrected chi connectivity index (χ1v) is 11.1. The zero-order valence-electron chi connectivity index (χ0n) is 18.4. The van der Waals surface area contributed by atoms with Crippen molar-refractivity contribution in [3.8, 4) is 11.5 Å². The number of nitrogens with one attached hydrogen (secondary N) is 1. The number of hydrogen-bond acceptors (Lipinski definition) is 5. The first-order valence-electron chi connectivity index (χ1n) is 10.2. The molecule has 8 heteroatoms. The number of hydrogen-bond donors (Lipinski definition) is 1. The lowest BCUT2D eigenvalue weighted by atomic mass is 10.0. The smallest absolute Gasteiger partial charge is 0.193 e. The van der Waals surface area contributed by atoms with E-state index in [9.17, 15) is 0 Å². The highest BCUT2D eigenvalue weighted by Crippen LogP contribution is 2.27. The second kappa shape index (κ2) is 12.3. The number of guanidine groups is 1. The Morgan fingerprint density at radius 2 is 2.03 bits per heavy atom. The number of halogens is 1. The van der Waals surface area contributed by atoms with Gasteiger partial charge in [-0.2, -0.15) is 0 Å². The van der Waals surface area contributed by atoms with E-state index in [1.165, 1.54) is 34.8 Å². The number of ether oxygens (including phenoxy) is 2. The highest BCUT2D eigenvalue weighted by Gasteiger charge is 2.15. The lowest BCUT2D eigenvalue weighted by molar-refractivity contribution is 0.382. The van der Waals surface area contributed by atoms with Crippen molar-refractivity contribution in [1.82, 2.24) is 15.2 Å². The van der Waals surface area contributed by atoms with Gasteiger partial charge in [-0.05, 0) is 44.2 Å². The molecular formula is C22H33IN4O2S. The molecule has 0 saturated carbocycles. The van der Waals surface area contributed by atoms with E-state index in [0.717, 1.165) is 48.8 Å². The van der Waals surface area contributed by atoms with Gasteiger partial charge in [0.25, 0.3) is 0 Å². The number of methoxy groups -OCH3 is 2. The van der Waals surface area contributed by atoms with Crippen molar-refractivity contribution in [2.45, 2.75) is 45.1 Å². The van der Waals surface area contributed by atoms with E-state index >= 15 is 0 Å². The predicted molar refractivity (Wildman–Crippen MR) is 135 cm³/mol. The van der Waals surface area contributed by atoms with Crippen molar-refractivity contribution in [1.29, 1.82) is 0 Å². The Bertz CT molecular complexity index is 817. The van der Waals surface area contributed by atoms with Gasteiger partial charge in [-0.3, -0.25) is 4.99 Å². The van der Waals surface area contributed by atoms with Crippen LogP contribution in [-0.2, 0) is 25.8 Å². The summed E-state index contributed by atoms with van der Waals surface area (Å²) in [6.45, 7) is 1.58. The monoisotopic (exact) mass is 544 g/mol. The van der Waals surface area contributed by atoms with Crippen LogP contribution in [0, 0.1) is 0 Å². The van der Waals surface area contributed by atoms with E-state index in [4.69, 9.17) is 14.5 Å². The van der Waals surface area contributed by atoms with E-state index in [0.29, 0.717) is 6.54 Å². The highest BCUT2D eigenvalue weighted by atomic mass is 127. The highest BCUT2D eigenvalue weighted by molar-refractivity contribution is 14.0. The summed E-state index contributed by atoms with van der Waals surface area (Å²) < 4.78 is 10.8. The lowest BCUT2D eigenvalue weighted by Crippen LogP contribution is -2.39. The SMILES string of the molecule is CN=C(NCCCc1nc2c(s1)CCCC2)N(C)Cc1ccc(OC)cc1OC.I. The summed E-state index contributed by atoms with van der Waals surface area (Å²) in [5.41, 5.74) is 2.44. The number of thiazole rings is 1. The van der Waals surface area contributed by atoms with Gasteiger partial charge in [-0.25, -0.2) is 4.98 Å². The third-order valence-electron chi connectivity index (χ3n) is 5.22. The van der Waals surface area contributed by atoms with Gasteiger partial charge in [0.1, 0.15) is 11.5 Å². The molecule has 1 aliphatic carbocycles. The van der Waals surface area contributed by atoms with Crippen LogP contribution >= 0.6 is 35.3 Å². The largest absolute Gasteiger partial charge is 0.497 e. The standard InChI is InChI=1S/C22H32N4O2S.HI/c1-23-22(26(2)15-16-11-12-17(27-3)14-19(16)28-4)24-13-7-10-21-25-18-8-5-6-9-20(18)29-21;/h11-12,14H,5-10,13,15H2,1-4H3,(H,23,24);1H. The maximum absolute atomic E-state index is 5.51. The fraction of sp³-hybridized carbons (Fsp3) is 0.545. The van der Waals surface area contributed by atoms with Crippen molar-refractivity contribution in [3.05, 3.63) is 39.3 Å². The van der Waals surface area contributed by atoms with Crippen molar-refractivity contribution >= 4 is 41.3 Å². The van der Waals surface area contributed by atoms with E-state index < -0.39 is 0 Å². The second-order valence-corrected chi connectivity index (χ2v) is 8.46. The molecule has 0 bridgehead atoms. The summed E-state index contributed by atoms with van der Waals surface area (Å²) in [5.74, 6) is 2.49. The summed E-state index contributed by atoms with van der Waals surface area (Å²) in [4.78, 5) is 12.9. The molecule has 0 atom stereocenters. The van der Waals surface area contributed by atoms with Gasteiger partial charge in [-0.15, -0.1) is 35.3 Å². The van der Waals surface area contributed by atoms with Crippen LogP contribution in [0.15, 0.2) is 23.2 Å². The maximum atomic E-state index is 5.51. The number of aromatic nitrogens is 1. The van der Waals surface area contributed by atoms with Gasteiger partial charge >= 0.3 is 0 Å². The summed E-state index contributed by atoms with van der Waals surface area (Å²) >= 11 is 1.91. The summed E-state index contributed by atoms with van der Waals surface area (Å²) in [5, 5.41) is 4.75. The second-order valence-electron chi connectivity index (χ2n) is 7.30. The Kier molecular flexibility index (Phi) is 10.2. The molecule has 2 aromatic rings. The van der Waals surface area contributed by atoms with Gasteiger partial charge < -0.3 is 19.7 Å². The number of fused-ring (bicyclic) bond motifs is 1. The van der Waals surface area contributed by atoms with Crippen LogP contribution in [0.1, 0.15) is 40.4 Å². The molecule has 6 nitrogen and oxygen atoms in total. The molecule has 0 spiro atoms. The molecule has 3 rings (SSSR count). The molecule has 0 saturated heterocycles. The minimum atomic E-state index is 0. The average molecular weight is 545 g/mol. The number of rotatable bonds is 8. The maximum Gasteiger partial charge on any atom is 0.193 e. The van der Waals surface area contributed by atoms with Crippen LogP contribution in [0.2, 0.25) is 0 Å². The van der Waals surface area contributed by atoms with Crippen LogP contribution < -0.4 is 14.8 Å². The van der Waals surface area contributed by atoms with Crippen LogP contribution in [0.25, 0.3) is 0 Å². The Labute approximate surface area is 201 Å². The molecule has 1 aromatic carbocycles. The molecule has 30 heavy (non-hydrogen) atoms. The quantitative estimate of drug-likeness (QED) is 0.233. The van der Waals surface area contributed by atoms with Crippen LogP contribution in [0.5, 0.6) is 11.5 Å². The van der Waals surface area contributed by atoms with Gasteiger partial charge in [-0.1, -0.05) is 0 Å². The van der Waals surface area contributed by atoms with Crippen molar-refractivity contribution < 1.29 is 9.47 Å². The molecule has 1 aliphatic rings. The Hall–Kier alpha value is -1.55. The lowest BCUT2D eigenvalue weighted by Gasteiger charge is -2.23. The third-order valence-corrected chi connectivity index (χ3v) is 6.43. The van der Waals surface area contributed by atoms with Gasteiger partial charge in [0, 0.05) is 50.1 Å². The molecule has 0 aliphatic heterocycles. The number of aliphatic imine (C=N–C) groups is 1. The normalized spacial score (nSPS) is 13.3. The Morgan fingerprint density at radius 1 is 1.23 bits per heavy atom. The molecule has 0 fully saturated rings. The zero-order chi connectivity index (χ0) is 20.6. The van der Waals surface area contributed by atoms with Crippen LogP contribution in [-0.4, -0.2) is 50.7 Å². The van der Waals surface area contributed by atoms with Crippen LogP contribution in [0.4, 0.5) is 0 Å². The van der Waals surface area contributed by atoms with Gasteiger partial charge in [0.05, 0.1) is 24.9 Å². The van der Waals surface area contributed by atoms with E-state index in [2.05, 4.69) is 15.2 Å². The molecule has 0 unspecified atom stereocenters. The minimum absolute atomic E-state index is 0. The summed E-state index contributed by atoms with van der Waals surface area (Å²) in [6, 6.07) is 5.90. The number of benzene rings is 1. The van der Waals surface area contributed by atoms with Crippen molar-refractivity contribution in [2.75, 3.05) is 34.9 Å². The van der Waals surface area contributed by atoms with Crippen molar-refractivity contribution in [2.24, 2.45) is 4.99 Å². The minimum Gasteiger partial charge on any atom is -0.497 e. The van der Waals surface area contributed by atoms with Crippen LogP contribution in [0.3, 0.4) is 0 Å². The topological polar surface area (TPSA) is 59.0 Å². The molecule has 1 N–H and O–H groups in total. The molecular weight excluding hydrogens is 511 g/mol. The molecule has 0 radical (unpaired) electrons. The molecule has 0 amide bonds. The fourth-order valence-corrected chi connectivity index (χ4v) is 4.85. The fourth-order valence-electron chi connectivity index (χ4n) is 3.65. The van der Waals surface area contributed by atoms with E-state index in [1.54, 1.807) is 14.2 Å². The number of aryl methyl sites for hydroxylation is 3. The number of nitrogens with zero attached hydrogens (tertiary/aromatic N) is 3. The summed E-state index contributed by atoms with van der Waals surface area (Å²) in [7, 11) is 7.20. The predicted octanol–water partition coefficient (Wildman–Crippen LogP) is 4.30. The molecule has 1 heterocycles.